The highest BCUT2D eigenvalue weighted by molar-refractivity contribution is 5.64. The molecule has 1 amide bonds. The Bertz CT molecular complexity index is 506. The maximum Gasteiger partial charge on any atom is 0.404 e. The zero-order valence-corrected chi connectivity index (χ0v) is 11.3. The van der Waals surface area contributed by atoms with E-state index in [1.54, 1.807) is 0 Å². The molecule has 0 radical (unpaired) electrons. The first-order chi connectivity index (χ1) is 9.65. The van der Waals surface area contributed by atoms with E-state index < -0.39 is 12.2 Å². The second-order valence-corrected chi connectivity index (χ2v) is 5.70. The number of likely N-dealkylation sites (tertiary alicyclic amines) is 1. The van der Waals surface area contributed by atoms with Gasteiger partial charge in [-0.05, 0) is 30.5 Å². The lowest BCUT2D eigenvalue weighted by molar-refractivity contribution is 0.0411. The van der Waals surface area contributed by atoms with Gasteiger partial charge in [-0.25, -0.2) is 4.79 Å². The van der Waals surface area contributed by atoms with Crippen LogP contribution in [0.2, 0.25) is 0 Å². The number of rotatable bonds is 2. The third kappa shape index (κ3) is 2.51. The first-order valence-corrected chi connectivity index (χ1v) is 7.14. The van der Waals surface area contributed by atoms with Crippen LogP contribution in [0, 0.1) is 0 Å². The minimum atomic E-state index is -0.968. The fourth-order valence-corrected chi connectivity index (χ4v) is 3.54. The van der Waals surface area contributed by atoms with Gasteiger partial charge in [0, 0.05) is 19.0 Å². The van der Waals surface area contributed by atoms with Gasteiger partial charge < -0.3 is 15.5 Å². The Morgan fingerprint density at radius 1 is 1.35 bits per heavy atom. The molecule has 1 aliphatic carbocycles. The number of hydrogen-bond donors (Lipinski definition) is 3. The quantitative estimate of drug-likeness (QED) is 0.763. The van der Waals surface area contributed by atoms with Crippen LogP contribution >= 0.6 is 0 Å². The Hall–Kier alpha value is -1.59. The van der Waals surface area contributed by atoms with Gasteiger partial charge in [-0.2, -0.15) is 0 Å². The van der Waals surface area contributed by atoms with E-state index in [4.69, 9.17) is 5.11 Å². The highest BCUT2D eigenvalue weighted by Crippen LogP contribution is 2.37. The number of nitrogens with one attached hydrogen (secondary N) is 1. The van der Waals surface area contributed by atoms with E-state index in [1.165, 1.54) is 11.1 Å². The minimum absolute atomic E-state index is 0.00425. The summed E-state index contributed by atoms with van der Waals surface area (Å²) in [6.07, 6.45) is 1.15. The normalized spacial score (nSPS) is 29.9. The van der Waals surface area contributed by atoms with Gasteiger partial charge in [-0.1, -0.05) is 24.3 Å². The SMILES string of the molecule is O=C(O)N[C@@H]1CCCN([C@H]2c3ccccc3C[C@@H]2O)C1. The van der Waals surface area contributed by atoms with Gasteiger partial charge in [0.15, 0.2) is 0 Å². The molecule has 1 saturated heterocycles. The van der Waals surface area contributed by atoms with Gasteiger partial charge in [0.1, 0.15) is 0 Å². The number of amides is 1. The summed E-state index contributed by atoms with van der Waals surface area (Å²) in [6, 6.07) is 8.10. The first-order valence-electron chi connectivity index (χ1n) is 7.14. The van der Waals surface area contributed by atoms with Crippen LogP contribution in [0.5, 0.6) is 0 Å². The molecule has 1 fully saturated rings. The monoisotopic (exact) mass is 276 g/mol. The molecule has 1 heterocycles. The third-order valence-electron chi connectivity index (χ3n) is 4.34. The van der Waals surface area contributed by atoms with E-state index >= 15 is 0 Å². The number of fused-ring (bicyclic) bond motifs is 1. The molecule has 20 heavy (non-hydrogen) atoms. The van der Waals surface area contributed by atoms with Gasteiger partial charge in [0.2, 0.25) is 0 Å². The van der Waals surface area contributed by atoms with Gasteiger partial charge in [0.25, 0.3) is 0 Å². The molecule has 1 aliphatic heterocycles. The predicted molar refractivity (Wildman–Crippen MR) is 74.6 cm³/mol. The number of benzene rings is 1. The fourth-order valence-electron chi connectivity index (χ4n) is 3.54. The van der Waals surface area contributed by atoms with Crippen molar-refractivity contribution in [3.63, 3.8) is 0 Å². The molecule has 5 nitrogen and oxygen atoms in total. The van der Waals surface area contributed by atoms with E-state index in [-0.39, 0.29) is 12.1 Å². The molecule has 3 atom stereocenters. The van der Waals surface area contributed by atoms with Crippen molar-refractivity contribution in [1.29, 1.82) is 0 Å². The second kappa shape index (κ2) is 5.42. The maximum absolute atomic E-state index is 10.8. The average Bonchev–Trinajstić information content (AvgIpc) is 2.74. The molecule has 1 aromatic carbocycles. The summed E-state index contributed by atoms with van der Waals surface area (Å²) in [6.45, 7) is 1.58. The average molecular weight is 276 g/mol. The number of hydrogen-bond acceptors (Lipinski definition) is 3. The van der Waals surface area contributed by atoms with Crippen LogP contribution in [-0.4, -0.2) is 46.4 Å². The van der Waals surface area contributed by atoms with Crippen LogP contribution < -0.4 is 5.32 Å². The summed E-state index contributed by atoms with van der Waals surface area (Å²) in [5, 5.41) is 21.8. The number of piperidine rings is 1. The number of aliphatic hydroxyl groups is 1. The molecule has 108 valence electrons. The summed E-state index contributed by atoms with van der Waals surface area (Å²) >= 11 is 0. The van der Waals surface area contributed by atoms with Crippen LogP contribution in [-0.2, 0) is 6.42 Å². The smallest absolute Gasteiger partial charge is 0.404 e. The number of carbonyl (C=O) groups is 1. The van der Waals surface area contributed by atoms with Crippen LogP contribution in [0.15, 0.2) is 24.3 Å². The van der Waals surface area contributed by atoms with E-state index in [2.05, 4.69) is 22.3 Å². The largest absolute Gasteiger partial charge is 0.465 e. The van der Waals surface area contributed by atoms with Crippen molar-refractivity contribution in [2.45, 2.75) is 37.5 Å². The Morgan fingerprint density at radius 3 is 2.95 bits per heavy atom. The summed E-state index contributed by atoms with van der Waals surface area (Å²) in [4.78, 5) is 13.0. The minimum Gasteiger partial charge on any atom is -0.465 e. The fraction of sp³-hybridized carbons (Fsp3) is 0.533. The molecule has 0 unspecified atom stereocenters. The van der Waals surface area contributed by atoms with Gasteiger partial charge in [-0.15, -0.1) is 0 Å². The zero-order valence-electron chi connectivity index (χ0n) is 11.3. The summed E-state index contributed by atoms with van der Waals surface area (Å²) < 4.78 is 0. The van der Waals surface area contributed by atoms with Gasteiger partial charge >= 0.3 is 6.09 Å². The first kappa shape index (κ1) is 13.4. The van der Waals surface area contributed by atoms with Crippen molar-refractivity contribution in [2.24, 2.45) is 0 Å². The van der Waals surface area contributed by atoms with Crippen molar-refractivity contribution >= 4 is 6.09 Å². The van der Waals surface area contributed by atoms with Crippen molar-refractivity contribution in [2.75, 3.05) is 13.1 Å². The van der Waals surface area contributed by atoms with Crippen molar-refractivity contribution in [3.05, 3.63) is 35.4 Å². The molecule has 3 N–H and O–H groups in total. The number of nitrogens with zero attached hydrogens (tertiary/aromatic N) is 1. The highest BCUT2D eigenvalue weighted by Gasteiger charge is 2.37. The molecule has 0 spiro atoms. The molecular formula is C15H20N2O3. The summed E-state index contributed by atoms with van der Waals surface area (Å²) in [5.74, 6) is 0. The topological polar surface area (TPSA) is 72.8 Å². The van der Waals surface area contributed by atoms with E-state index in [9.17, 15) is 9.90 Å². The molecule has 0 aromatic heterocycles. The van der Waals surface area contributed by atoms with Gasteiger partial charge in [-0.3, -0.25) is 4.90 Å². The number of aliphatic hydroxyl groups excluding tert-OH is 1. The molecule has 2 aliphatic rings. The van der Waals surface area contributed by atoms with E-state index in [0.717, 1.165) is 19.4 Å². The Kier molecular flexibility index (Phi) is 3.63. The maximum atomic E-state index is 10.8. The summed E-state index contributed by atoms with van der Waals surface area (Å²) in [7, 11) is 0. The lowest BCUT2D eigenvalue weighted by Gasteiger charge is -2.38. The van der Waals surface area contributed by atoms with Crippen molar-refractivity contribution < 1.29 is 15.0 Å². The van der Waals surface area contributed by atoms with E-state index in [0.29, 0.717) is 13.0 Å². The van der Waals surface area contributed by atoms with Gasteiger partial charge in [0.05, 0.1) is 12.1 Å². The molecule has 3 rings (SSSR count). The molecule has 5 heteroatoms. The Morgan fingerprint density at radius 2 is 2.15 bits per heavy atom. The van der Waals surface area contributed by atoms with Crippen LogP contribution in [0.25, 0.3) is 0 Å². The molecule has 1 aromatic rings. The van der Waals surface area contributed by atoms with Crippen LogP contribution in [0.1, 0.15) is 30.0 Å². The predicted octanol–water partition coefficient (Wildman–Crippen LogP) is 1.38. The van der Waals surface area contributed by atoms with Crippen LogP contribution in [0.3, 0.4) is 0 Å². The Labute approximate surface area is 118 Å². The lowest BCUT2D eigenvalue weighted by Crippen LogP contribution is -2.49. The summed E-state index contributed by atoms with van der Waals surface area (Å²) in [5.41, 5.74) is 2.40. The van der Waals surface area contributed by atoms with Crippen molar-refractivity contribution in [3.8, 4) is 0 Å². The van der Waals surface area contributed by atoms with Crippen molar-refractivity contribution in [1.82, 2.24) is 10.2 Å². The van der Waals surface area contributed by atoms with Crippen LogP contribution in [0.4, 0.5) is 4.79 Å². The third-order valence-corrected chi connectivity index (χ3v) is 4.34. The lowest BCUT2D eigenvalue weighted by atomic mass is 10.00. The standard InChI is InChI=1S/C15H20N2O3/c18-13-8-10-4-1-2-6-12(10)14(13)17-7-3-5-11(9-17)16-15(19)20/h1-2,4,6,11,13-14,16,18H,3,5,7-9H2,(H,19,20)/t11-,13+,14+/m1/s1. The van der Waals surface area contributed by atoms with E-state index in [1.807, 2.05) is 12.1 Å². The molecule has 0 saturated carbocycles. The highest BCUT2D eigenvalue weighted by atomic mass is 16.4. The number of carboxylic acid groups (broad SMARTS) is 1. The zero-order chi connectivity index (χ0) is 14.1. The second-order valence-electron chi connectivity index (χ2n) is 5.70. The Balaban J connectivity index is 1.77. The molecule has 0 bridgehead atoms. The molecular weight excluding hydrogens is 256 g/mol.